The first-order valence-corrected chi connectivity index (χ1v) is 7.00. The quantitative estimate of drug-likeness (QED) is 0.910. The van der Waals surface area contributed by atoms with E-state index >= 15 is 0 Å². The number of fused-ring (bicyclic) bond motifs is 1. The SMILES string of the molecule is COc1ccc2c(c1OC)C(O)C(c1ccccc1)C(O)O2. The van der Waals surface area contributed by atoms with Crippen LogP contribution >= 0.6 is 0 Å². The predicted molar refractivity (Wildman–Crippen MR) is 80.3 cm³/mol. The van der Waals surface area contributed by atoms with Gasteiger partial charge in [-0.2, -0.15) is 0 Å². The summed E-state index contributed by atoms with van der Waals surface area (Å²) < 4.78 is 16.2. The van der Waals surface area contributed by atoms with Crippen molar-refractivity contribution in [1.29, 1.82) is 0 Å². The van der Waals surface area contributed by atoms with E-state index in [0.717, 1.165) is 5.56 Å². The first-order chi connectivity index (χ1) is 10.7. The summed E-state index contributed by atoms with van der Waals surface area (Å²) in [4.78, 5) is 0. The Morgan fingerprint density at radius 1 is 0.955 bits per heavy atom. The van der Waals surface area contributed by atoms with Gasteiger partial charge in [-0.1, -0.05) is 30.3 Å². The zero-order valence-corrected chi connectivity index (χ0v) is 12.4. The maximum Gasteiger partial charge on any atom is 0.207 e. The fourth-order valence-corrected chi connectivity index (χ4v) is 2.88. The lowest BCUT2D eigenvalue weighted by molar-refractivity contribution is -0.0889. The summed E-state index contributed by atoms with van der Waals surface area (Å²) in [7, 11) is 3.04. The number of hydrogen-bond acceptors (Lipinski definition) is 5. The lowest BCUT2D eigenvalue weighted by atomic mass is 9.85. The largest absolute Gasteiger partial charge is 0.493 e. The molecule has 1 heterocycles. The van der Waals surface area contributed by atoms with Crippen molar-refractivity contribution in [3.8, 4) is 17.2 Å². The number of hydrogen-bond donors (Lipinski definition) is 2. The Bertz CT molecular complexity index is 656. The topological polar surface area (TPSA) is 68.2 Å². The average Bonchev–Trinajstić information content (AvgIpc) is 2.54. The number of aliphatic hydroxyl groups excluding tert-OH is 2. The van der Waals surface area contributed by atoms with Crippen LogP contribution in [0.5, 0.6) is 17.2 Å². The zero-order valence-electron chi connectivity index (χ0n) is 12.4. The Hall–Kier alpha value is -2.24. The molecule has 22 heavy (non-hydrogen) atoms. The van der Waals surface area contributed by atoms with Gasteiger partial charge in [-0.25, -0.2) is 0 Å². The third-order valence-corrected chi connectivity index (χ3v) is 3.92. The molecule has 0 radical (unpaired) electrons. The smallest absolute Gasteiger partial charge is 0.207 e. The first-order valence-electron chi connectivity index (χ1n) is 7.00. The van der Waals surface area contributed by atoms with E-state index in [1.54, 1.807) is 12.1 Å². The van der Waals surface area contributed by atoms with Crippen LogP contribution in [0.15, 0.2) is 42.5 Å². The summed E-state index contributed by atoms with van der Waals surface area (Å²) in [6.07, 6.45) is -2.10. The van der Waals surface area contributed by atoms with Crippen LogP contribution in [0.3, 0.4) is 0 Å². The molecule has 0 aliphatic carbocycles. The van der Waals surface area contributed by atoms with Crippen LogP contribution in [0.25, 0.3) is 0 Å². The molecule has 2 N–H and O–H groups in total. The van der Waals surface area contributed by atoms with Gasteiger partial charge in [0.2, 0.25) is 6.29 Å². The van der Waals surface area contributed by atoms with Gasteiger partial charge in [0.05, 0.1) is 31.8 Å². The molecule has 5 heteroatoms. The molecule has 3 atom stereocenters. The lowest BCUT2D eigenvalue weighted by Gasteiger charge is -2.35. The van der Waals surface area contributed by atoms with Crippen LogP contribution in [0.2, 0.25) is 0 Å². The second kappa shape index (κ2) is 5.87. The molecule has 116 valence electrons. The first kappa shape index (κ1) is 14.7. The van der Waals surface area contributed by atoms with E-state index in [1.165, 1.54) is 14.2 Å². The van der Waals surface area contributed by atoms with Crippen molar-refractivity contribution in [3.63, 3.8) is 0 Å². The summed E-state index contributed by atoms with van der Waals surface area (Å²) in [6.45, 7) is 0. The summed E-state index contributed by atoms with van der Waals surface area (Å²) in [5, 5.41) is 21.1. The Balaban J connectivity index is 2.11. The fraction of sp³-hybridized carbons (Fsp3) is 0.294. The summed E-state index contributed by atoms with van der Waals surface area (Å²) >= 11 is 0. The highest BCUT2D eigenvalue weighted by Gasteiger charge is 2.40. The van der Waals surface area contributed by atoms with Gasteiger partial charge < -0.3 is 24.4 Å². The number of rotatable bonds is 3. The molecule has 3 unspecified atom stereocenters. The molecule has 1 aliphatic heterocycles. The second-order valence-electron chi connectivity index (χ2n) is 5.10. The normalized spacial score (nSPS) is 23.4. The molecule has 0 bridgehead atoms. The van der Waals surface area contributed by atoms with Crippen molar-refractivity contribution in [2.24, 2.45) is 0 Å². The maximum atomic E-state index is 10.8. The summed E-state index contributed by atoms with van der Waals surface area (Å²) in [6, 6.07) is 12.6. The maximum absolute atomic E-state index is 10.8. The van der Waals surface area contributed by atoms with Gasteiger partial charge in [-0.05, 0) is 17.7 Å². The van der Waals surface area contributed by atoms with Crippen LogP contribution in [-0.2, 0) is 0 Å². The minimum absolute atomic E-state index is 0.393. The van der Waals surface area contributed by atoms with Gasteiger partial charge in [0.15, 0.2) is 11.5 Å². The van der Waals surface area contributed by atoms with Gasteiger partial charge >= 0.3 is 0 Å². The molecule has 0 aromatic heterocycles. The lowest BCUT2D eigenvalue weighted by Crippen LogP contribution is -2.34. The highest BCUT2D eigenvalue weighted by molar-refractivity contribution is 5.57. The summed E-state index contributed by atoms with van der Waals surface area (Å²) in [5.74, 6) is 0.715. The average molecular weight is 302 g/mol. The molecule has 2 aromatic carbocycles. The van der Waals surface area contributed by atoms with Gasteiger partial charge in [0, 0.05) is 0 Å². The predicted octanol–water partition coefficient (Wildman–Crippen LogP) is 2.23. The highest BCUT2D eigenvalue weighted by atomic mass is 16.6. The highest BCUT2D eigenvalue weighted by Crippen LogP contribution is 2.50. The standard InChI is InChI=1S/C17H18O5/c1-20-12-9-8-11-14(16(12)21-2)15(18)13(17(19)22-11)10-6-4-3-5-7-10/h3-9,13,15,17-19H,1-2H3. The van der Waals surface area contributed by atoms with Crippen LogP contribution in [0.4, 0.5) is 0 Å². The zero-order chi connectivity index (χ0) is 15.7. The van der Waals surface area contributed by atoms with E-state index in [4.69, 9.17) is 14.2 Å². The van der Waals surface area contributed by atoms with Gasteiger partial charge in [-0.15, -0.1) is 0 Å². The van der Waals surface area contributed by atoms with Crippen molar-refractivity contribution < 1.29 is 24.4 Å². The molecular weight excluding hydrogens is 284 g/mol. The Morgan fingerprint density at radius 2 is 1.68 bits per heavy atom. The van der Waals surface area contributed by atoms with Crippen LogP contribution in [0, 0.1) is 0 Å². The monoisotopic (exact) mass is 302 g/mol. The van der Waals surface area contributed by atoms with Crippen LogP contribution < -0.4 is 14.2 Å². The third-order valence-electron chi connectivity index (χ3n) is 3.92. The minimum atomic E-state index is -1.14. The third kappa shape index (κ3) is 2.28. The Morgan fingerprint density at radius 3 is 2.32 bits per heavy atom. The van der Waals surface area contributed by atoms with Gasteiger partial charge in [0.1, 0.15) is 5.75 Å². The number of aliphatic hydroxyl groups is 2. The fourth-order valence-electron chi connectivity index (χ4n) is 2.88. The van der Waals surface area contributed by atoms with Crippen molar-refractivity contribution in [2.45, 2.75) is 18.3 Å². The van der Waals surface area contributed by atoms with Crippen LogP contribution in [0.1, 0.15) is 23.1 Å². The Kier molecular flexibility index (Phi) is 3.92. The van der Waals surface area contributed by atoms with Crippen molar-refractivity contribution in [3.05, 3.63) is 53.6 Å². The van der Waals surface area contributed by atoms with Crippen molar-refractivity contribution >= 4 is 0 Å². The van der Waals surface area contributed by atoms with E-state index in [9.17, 15) is 10.2 Å². The van der Waals surface area contributed by atoms with E-state index in [2.05, 4.69) is 0 Å². The molecular formula is C17H18O5. The number of benzene rings is 2. The minimum Gasteiger partial charge on any atom is -0.493 e. The molecule has 0 saturated heterocycles. The number of ether oxygens (including phenoxy) is 3. The number of methoxy groups -OCH3 is 2. The van der Waals surface area contributed by atoms with Crippen molar-refractivity contribution in [1.82, 2.24) is 0 Å². The van der Waals surface area contributed by atoms with Gasteiger partial charge in [0.25, 0.3) is 0 Å². The van der Waals surface area contributed by atoms with E-state index in [0.29, 0.717) is 22.8 Å². The molecule has 1 aliphatic rings. The molecule has 0 saturated carbocycles. The summed E-state index contributed by atoms with van der Waals surface area (Å²) in [5.41, 5.74) is 1.28. The Labute approximate surface area is 128 Å². The van der Waals surface area contributed by atoms with Gasteiger partial charge in [-0.3, -0.25) is 0 Å². The van der Waals surface area contributed by atoms with E-state index < -0.39 is 18.3 Å². The second-order valence-corrected chi connectivity index (χ2v) is 5.10. The molecule has 0 fully saturated rings. The van der Waals surface area contributed by atoms with Crippen LogP contribution in [-0.4, -0.2) is 30.7 Å². The molecule has 0 spiro atoms. The van der Waals surface area contributed by atoms with E-state index in [1.807, 2.05) is 30.3 Å². The van der Waals surface area contributed by atoms with E-state index in [-0.39, 0.29) is 0 Å². The molecule has 2 aromatic rings. The molecule has 5 nitrogen and oxygen atoms in total. The van der Waals surface area contributed by atoms with Crippen molar-refractivity contribution in [2.75, 3.05) is 14.2 Å². The molecule has 0 amide bonds. The molecule has 3 rings (SSSR count).